The first kappa shape index (κ1) is 12.3. The molecule has 1 aromatic carbocycles. The van der Waals surface area contributed by atoms with Crippen LogP contribution in [0.3, 0.4) is 0 Å². The van der Waals surface area contributed by atoms with E-state index in [4.69, 9.17) is 10.2 Å². The van der Waals surface area contributed by atoms with E-state index in [9.17, 15) is 0 Å². The number of nitrogens with zero attached hydrogens (tertiary/aromatic N) is 3. The topological polar surface area (TPSA) is 77.8 Å². The van der Waals surface area contributed by atoms with Crippen molar-refractivity contribution in [2.45, 2.75) is 13.8 Å². The van der Waals surface area contributed by atoms with Gasteiger partial charge in [-0.2, -0.15) is 0 Å². The van der Waals surface area contributed by atoms with Gasteiger partial charge in [-0.15, -0.1) is 10.2 Å². The molecule has 20 heavy (non-hydrogen) atoms. The molecule has 0 unspecified atom stereocenters. The standard InChI is InChI=1S/C15H14N4O/c1-9-3-4-12(13(16)10(9)2)15-19-18-14(20-15)11-5-7-17-8-6-11/h3-8H,16H2,1-2H3. The van der Waals surface area contributed by atoms with Crippen LogP contribution in [-0.4, -0.2) is 15.2 Å². The number of aromatic nitrogens is 3. The number of aryl methyl sites for hydroxylation is 1. The second-order valence-electron chi connectivity index (χ2n) is 4.62. The molecule has 0 aliphatic carbocycles. The van der Waals surface area contributed by atoms with Crippen LogP contribution in [0.2, 0.25) is 0 Å². The zero-order valence-electron chi connectivity index (χ0n) is 11.3. The third-order valence-corrected chi connectivity index (χ3v) is 3.37. The predicted octanol–water partition coefficient (Wildman–Crippen LogP) is 3.00. The summed E-state index contributed by atoms with van der Waals surface area (Å²) in [5, 5.41) is 8.13. The van der Waals surface area contributed by atoms with E-state index in [-0.39, 0.29) is 0 Å². The third kappa shape index (κ3) is 2.03. The highest BCUT2D eigenvalue weighted by Crippen LogP contribution is 2.30. The van der Waals surface area contributed by atoms with Crippen molar-refractivity contribution >= 4 is 5.69 Å². The van der Waals surface area contributed by atoms with E-state index >= 15 is 0 Å². The van der Waals surface area contributed by atoms with Gasteiger partial charge in [0.2, 0.25) is 11.8 Å². The summed E-state index contributed by atoms with van der Waals surface area (Å²) in [4.78, 5) is 3.96. The van der Waals surface area contributed by atoms with Crippen LogP contribution in [0.5, 0.6) is 0 Å². The molecule has 0 atom stereocenters. The fraction of sp³-hybridized carbons (Fsp3) is 0.133. The van der Waals surface area contributed by atoms with Crippen LogP contribution in [0.4, 0.5) is 5.69 Å². The smallest absolute Gasteiger partial charge is 0.250 e. The maximum atomic E-state index is 6.13. The zero-order chi connectivity index (χ0) is 14.1. The van der Waals surface area contributed by atoms with Gasteiger partial charge < -0.3 is 10.2 Å². The van der Waals surface area contributed by atoms with Gasteiger partial charge in [-0.3, -0.25) is 4.98 Å². The van der Waals surface area contributed by atoms with Crippen LogP contribution in [0.15, 0.2) is 41.1 Å². The summed E-state index contributed by atoms with van der Waals surface area (Å²) in [6, 6.07) is 7.54. The molecular formula is C15H14N4O. The van der Waals surface area contributed by atoms with Crippen molar-refractivity contribution in [3.63, 3.8) is 0 Å². The molecule has 0 saturated carbocycles. The van der Waals surface area contributed by atoms with Crippen molar-refractivity contribution in [3.8, 4) is 22.9 Å². The molecule has 2 aromatic heterocycles. The number of pyridine rings is 1. The fourth-order valence-corrected chi connectivity index (χ4v) is 1.97. The Morgan fingerprint density at radius 1 is 0.950 bits per heavy atom. The minimum atomic E-state index is 0.428. The van der Waals surface area contributed by atoms with Gasteiger partial charge in [-0.05, 0) is 43.2 Å². The number of anilines is 1. The first-order chi connectivity index (χ1) is 9.66. The summed E-state index contributed by atoms with van der Waals surface area (Å²) < 4.78 is 5.70. The summed E-state index contributed by atoms with van der Waals surface area (Å²) in [5.41, 5.74) is 10.6. The highest BCUT2D eigenvalue weighted by Gasteiger charge is 2.14. The van der Waals surface area contributed by atoms with Crippen LogP contribution in [0.1, 0.15) is 11.1 Å². The Morgan fingerprint density at radius 3 is 2.40 bits per heavy atom. The van der Waals surface area contributed by atoms with Crippen molar-refractivity contribution < 1.29 is 4.42 Å². The fourth-order valence-electron chi connectivity index (χ4n) is 1.97. The SMILES string of the molecule is Cc1ccc(-c2nnc(-c3ccncc3)o2)c(N)c1C. The van der Waals surface area contributed by atoms with Crippen molar-refractivity contribution in [3.05, 3.63) is 47.8 Å². The Morgan fingerprint density at radius 2 is 1.65 bits per heavy atom. The van der Waals surface area contributed by atoms with E-state index in [0.29, 0.717) is 17.5 Å². The van der Waals surface area contributed by atoms with Gasteiger partial charge in [0.25, 0.3) is 0 Å². The zero-order valence-corrected chi connectivity index (χ0v) is 11.3. The normalized spacial score (nSPS) is 10.7. The Hall–Kier alpha value is -2.69. The first-order valence-corrected chi connectivity index (χ1v) is 6.27. The van der Waals surface area contributed by atoms with Gasteiger partial charge in [-0.25, -0.2) is 0 Å². The second-order valence-corrected chi connectivity index (χ2v) is 4.62. The van der Waals surface area contributed by atoms with Gasteiger partial charge in [0.05, 0.1) is 5.56 Å². The third-order valence-electron chi connectivity index (χ3n) is 3.37. The van der Waals surface area contributed by atoms with E-state index in [1.165, 1.54) is 0 Å². The van der Waals surface area contributed by atoms with Crippen LogP contribution >= 0.6 is 0 Å². The lowest BCUT2D eigenvalue weighted by Gasteiger charge is -2.07. The van der Waals surface area contributed by atoms with Gasteiger partial charge >= 0.3 is 0 Å². The van der Waals surface area contributed by atoms with Crippen molar-refractivity contribution in [1.29, 1.82) is 0 Å². The molecule has 0 aliphatic heterocycles. The number of hydrogen-bond donors (Lipinski definition) is 1. The quantitative estimate of drug-likeness (QED) is 0.721. The Bertz CT molecular complexity index is 750. The molecule has 3 aromatic rings. The minimum Gasteiger partial charge on any atom is -0.416 e. The van der Waals surface area contributed by atoms with Gasteiger partial charge in [0.1, 0.15) is 0 Å². The van der Waals surface area contributed by atoms with E-state index in [2.05, 4.69) is 15.2 Å². The molecule has 5 nitrogen and oxygen atoms in total. The number of benzene rings is 1. The summed E-state index contributed by atoms with van der Waals surface area (Å²) in [7, 11) is 0. The van der Waals surface area contributed by atoms with Crippen LogP contribution in [0.25, 0.3) is 22.9 Å². The number of nitrogens with two attached hydrogens (primary N) is 1. The lowest BCUT2D eigenvalue weighted by molar-refractivity contribution is 0.584. The number of nitrogen functional groups attached to an aromatic ring is 1. The average molecular weight is 266 g/mol. The van der Waals surface area contributed by atoms with Crippen molar-refractivity contribution in [2.75, 3.05) is 5.73 Å². The highest BCUT2D eigenvalue weighted by atomic mass is 16.4. The lowest BCUT2D eigenvalue weighted by atomic mass is 10.0. The summed E-state index contributed by atoms with van der Waals surface area (Å²) in [5.74, 6) is 0.887. The molecule has 0 fully saturated rings. The van der Waals surface area contributed by atoms with Gasteiger partial charge in [-0.1, -0.05) is 6.07 Å². The van der Waals surface area contributed by atoms with Crippen molar-refractivity contribution in [1.82, 2.24) is 15.2 Å². The second kappa shape index (κ2) is 4.77. The van der Waals surface area contributed by atoms with Gasteiger partial charge in [0.15, 0.2) is 0 Å². The molecule has 0 radical (unpaired) electrons. The maximum Gasteiger partial charge on any atom is 0.250 e. The molecule has 3 rings (SSSR count). The van der Waals surface area contributed by atoms with Crippen LogP contribution in [-0.2, 0) is 0 Å². The molecule has 0 bridgehead atoms. The number of rotatable bonds is 2. The molecule has 0 saturated heterocycles. The molecule has 0 amide bonds. The highest BCUT2D eigenvalue weighted by molar-refractivity contribution is 5.74. The molecule has 2 heterocycles. The molecule has 0 spiro atoms. The molecular weight excluding hydrogens is 252 g/mol. The van der Waals surface area contributed by atoms with Crippen LogP contribution < -0.4 is 5.73 Å². The molecule has 2 N–H and O–H groups in total. The summed E-state index contributed by atoms with van der Waals surface area (Å²) >= 11 is 0. The van der Waals surface area contributed by atoms with Crippen LogP contribution in [0, 0.1) is 13.8 Å². The molecule has 5 heteroatoms. The molecule has 100 valence electrons. The minimum absolute atomic E-state index is 0.428. The maximum absolute atomic E-state index is 6.13. The largest absolute Gasteiger partial charge is 0.416 e. The number of hydrogen-bond acceptors (Lipinski definition) is 5. The van der Waals surface area contributed by atoms with E-state index < -0.39 is 0 Å². The lowest BCUT2D eigenvalue weighted by Crippen LogP contribution is -1.96. The summed E-state index contributed by atoms with van der Waals surface area (Å²) in [6.45, 7) is 4.00. The molecule has 0 aliphatic rings. The predicted molar refractivity (Wildman–Crippen MR) is 76.9 cm³/mol. The first-order valence-electron chi connectivity index (χ1n) is 6.27. The van der Waals surface area contributed by atoms with E-state index in [1.54, 1.807) is 12.4 Å². The van der Waals surface area contributed by atoms with Gasteiger partial charge in [0, 0.05) is 23.6 Å². The summed E-state index contributed by atoms with van der Waals surface area (Å²) in [6.07, 6.45) is 3.37. The van der Waals surface area contributed by atoms with E-state index in [1.807, 2.05) is 38.1 Å². The Kier molecular flexibility index (Phi) is 2.95. The monoisotopic (exact) mass is 266 g/mol. The van der Waals surface area contributed by atoms with Crippen molar-refractivity contribution in [2.24, 2.45) is 0 Å². The average Bonchev–Trinajstić information content (AvgIpc) is 2.95. The Balaban J connectivity index is 2.05. The Labute approximate surface area is 116 Å². The van der Waals surface area contributed by atoms with E-state index in [0.717, 1.165) is 22.3 Å².